The van der Waals surface area contributed by atoms with Crippen LogP contribution in [0.1, 0.15) is 28.9 Å². The third kappa shape index (κ3) is 3.51. The van der Waals surface area contributed by atoms with Crippen molar-refractivity contribution < 1.29 is 13.6 Å². The van der Waals surface area contributed by atoms with E-state index in [9.17, 15) is 18.4 Å². The molecule has 3 aromatic rings. The number of benzene rings is 2. The summed E-state index contributed by atoms with van der Waals surface area (Å²) >= 11 is 3.33. The number of pyridine rings is 1. The molecule has 4 nitrogen and oxygen atoms in total. The topological polar surface area (TPSA) is 42.3 Å². The molecule has 7 heteroatoms. The maximum Gasteiger partial charge on any atom is 0.258 e. The molecule has 1 aromatic heterocycles. The van der Waals surface area contributed by atoms with Crippen LogP contribution in [0, 0.1) is 11.6 Å². The standard InChI is InChI=1S/C20H17BrF2N2O2/c1-11(25(3)19(26)12-4-6-13(21)7-5-12)16-10-24(2)20(27)15-9-18(23)17(22)8-14(15)16/h4-11H,1-3H3/t11-/m1/s1. The number of rotatable bonds is 3. The molecule has 0 N–H and O–H groups in total. The average molecular weight is 435 g/mol. The van der Waals surface area contributed by atoms with Gasteiger partial charge >= 0.3 is 0 Å². The summed E-state index contributed by atoms with van der Waals surface area (Å²) in [4.78, 5) is 26.6. The minimum absolute atomic E-state index is 0.0743. The Labute approximate surface area is 163 Å². The van der Waals surface area contributed by atoms with Crippen LogP contribution in [0.4, 0.5) is 8.78 Å². The second-order valence-electron chi connectivity index (χ2n) is 6.41. The molecule has 0 bridgehead atoms. The Bertz CT molecular complexity index is 1090. The summed E-state index contributed by atoms with van der Waals surface area (Å²) in [6, 6.07) is 8.37. The molecule has 1 atom stereocenters. The van der Waals surface area contributed by atoms with Gasteiger partial charge in [-0.3, -0.25) is 9.59 Å². The van der Waals surface area contributed by atoms with Crippen molar-refractivity contribution in [2.24, 2.45) is 7.05 Å². The number of aromatic nitrogens is 1. The fraction of sp³-hybridized carbons (Fsp3) is 0.200. The van der Waals surface area contributed by atoms with Gasteiger partial charge in [-0.2, -0.15) is 0 Å². The van der Waals surface area contributed by atoms with Gasteiger partial charge in [-0.05, 0) is 54.3 Å². The van der Waals surface area contributed by atoms with Gasteiger partial charge in [0.15, 0.2) is 11.6 Å². The first kappa shape index (κ1) is 19.2. The molecule has 0 spiro atoms. The van der Waals surface area contributed by atoms with Crippen LogP contribution in [0.2, 0.25) is 0 Å². The van der Waals surface area contributed by atoms with Gasteiger partial charge in [0.2, 0.25) is 0 Å². The van der Waals surface area contributed by atoms with Crippen molar-refractivity contribution in [1.82, 2.24) is 9.47 Å². The summed E-state index contributed by atoms with van der Waals surface area (Å²) in [7, 11) is 3.17. The van der Waals surface area contributed by atoms with Crippen molar-refractivity contribution in [3.05, 3.63) is 80.2 Å². The van der Waals surface area contributed by atoms with Gasteiger partial charge in [0.05, 0.1) is 11.4 Å². The molecule has 140 valence electrons. The highest BCUT2D eigenvalue weighted by Crippen LogP contribution is 2.28. The van der Waals surface area contributed by atoms with E-state index in [1.165, 1.54) is 16.5 Å². The second kappa shape index (κ2) is 7.23. The van der Waals surface area contributed by atoms with Crippen molar-refractivity contribution in [2.75, 3.05) is 7.05 Å². The highest BCUT2D eigenvalue weighted by atomic mass is 79.9. The molecule has 0 aliphatic rings. The van der Waals surface area contributed by atoms with Crippen LogP contribution in [0.25, 0.3) is 10.8 Å². The zero-order chi connectivity index (χ0) is 19.9. The molecule has 27 heavy (non-hydrogen) atoms. The number of aryl methyl sites for hydroxylation is 1. The van der Waals surface area contributed by atoms with E-state index in [0.29, 0.717) is 16.5 Å². The van der Waals surface area contributed by atoms with Crippen molar-refractivity contribution in [3.63, 3.8) is 0 Å². The smallest absolute Gasteiger partial charge is 0.258 e. The molecule has 2 aromatic carbocycles. The highest BCUT2D eigenvalue weighted by molar-refractivity contribution is 9.10. The first-order chi connectivity index (χ1) is 12.7. The van der Waals surface area contributed by atoms with Crippen LogP contribution in [0.3, 0.4) is 0 Å². The van der Waals surface area contributed by atoms with Crippen LogP contribution < -0.4 is 5.56 Å². The molecule has 0 aliphatic heterocycles. The van der Waals surface area contributed by atoms with Gasteiger partial charge < -0.3 is 9.47 Å². The largest absolute Gasteiger partial charge is 0.335 e. The van der Waals surface area contributed by atoms with E-state index in [0.717, 1.165) is 16.6 Å². The molecule has 0 saturated carbocycles. The van der Waals surface area contributed by atoms with Gasteiger partial charge in [0, 0.05) is 30.3 Å². The van der Waals surface area contributed by atoms with E-state index in [1.807, 2.05) is 0 Å². The number of hydrogen-bond donors (Lipinski definition) is 0. The summed E-state index contributed by atoms with van der Waals surface area (Å²) in [5.74, 6) is -2.34. The van der Waals surface area contributed by atoms with Crippen LogP contribution in [-0.4, -0.2) is 22.4 Å². The first-order valence-electron chi connectivity index (χ1n) is 8.21. The summed E-state index contributed by atoms with van der Waals surface area (Å²) in [5.41, 5.74) is 0.625. The van der Waals surface area contributed by atoms with Gasteiger partial charge in [-0.25, -0.2) is 8.78 Å². The SMILES string of the molecule is C[C@H](c1cn(C)c(=O)c2cc(F)c(F)cc12)N(C)C(=O)c1ccc(Br)cc1. The van der Waals surface area contributed by atoms with E-state index < -0.39 is 23.2 Å². The van der Waals surface area contributed by atoms with Crippen LogP contribution in [-0.2, 0) is 7.05 Å². The number of carbonyl (C=O) groups excluding carboxylic acids is 1. The minimum Gasteiger partial charge on any atom is -0.335 e. The molecule has 0 radical (unpaired) electrons. The fourth-order valence-electron chi connectivity index (χ4n) is 3.00. The summed E-state index contributed by atoms with van der Waals surface area (Å²) in [6.07, 6.45) is 1.55. The van der Waals surface area contributed by atoms with Gasteiger partial charge in [-0.1, -0.05) is 15.9 Å². The molecule has 1 amide bonds. The summed E-state index contributed by atoms with van der Waals surface area (Å²) in [6.45, 7) is 1.78. The van der Waals surface area contributed by atoms with E-state index in [2.05, 4.69) is 15.9 Å². The molecular weight excluding hydrogens is 418 g/mol. The first-order valence-corrected chi connectivity index (χ1v) is 9.01. The number of nitrogens with zero attached hydrogens (tertiary/aromatic N) is 2. The van der Waals surface area contributed by atoms with E-state index in [4.69, 9.17) is 0 Å². The van der Waals surface area contributed by atoms with Crippen LogP contribution in [0.15, 0.2) is 51.9 Å². The number of carbonyl (C=O) groups is 1. The molecule has 0 saturated heterocycles. The van der Waals surface area contributed by atoms with Crippen LogP contribution >= 0.6 is 15.9 Å². The normalized spacial score (nSPS) is 12.2. The molecule has 1 heterocycles. The predicted octanol–water partition coefficient (Wildman–Crippen LogP) is 4.41. The summed E-state index contributed by atoms with van der Waals surface area (Å²) in [5, 5.41) is 0.366. The predicted molar refractivity (Wildman–Crippen MR) is 104 cm³/mol. The van der Waals surface area contributed by atoms with Gasteiger partial charge in [-0.15, -0.1) is 0 Å². The van der Waals surface area contributed by atoms with Crippen molar-refractivity contribution >= 4 is 32.6 Å². The fourth-order valence-corrected chi connectivity index (χ4v) is 3.27. The summed E-state index contributed by atoms with van der Waals surface area (Å²) < 4.78 is 29.6. The minimum atomic E-state index is -1.08. The van der Waals surface area contributed by atoms with Gasteiger partial charge in [0.1, 0.15) is 0 Å². The lowest BCUT2D eigenvalue weighted by Crippen LogP contribution is -2.31. The van der Waals surface area contributed by atoms with Crippen molar-refractivity contribution in [1.29, 1.82) is 0 Å². The zero-order valence-corrected chi connectivity index (χ0v) is 16.5. The Hall–Kier alpha value is -2.54. The molecule has 0 aliphatic carbocycles. The maximum absolute atomic E-state index is 13.8. The average Bonchev–Trinajstić information content (AvgIpc) is 2.65. The lowest BCUT2D eigenvalue weighted by Gasteiger charge is -2.27. The molecule has 0 fully saturated rings. The molecular formula is C20H17BrF2N2O2. The molecule has 0 unspecified atom stereocenters. The van der Waals surface area contributed by atoms with Crippen LogP contribution in [0.5, 0.6) is 0 Å². The Morgan fingerprint density at radius 2 is 1.67 bits per heavy atom. The maximum atomic E-state index is 13.8. The van der Waals surface area contributed by atoms with Crippen molar-refractivity contribution in [3.8, 4) is 0 Å². The zero-order valence-electron chi connectivity index (χ0n) is 15.0. The lowest BCUT2D eigenvalue weighted by atomic mass is 10.0. The number of fused-ring (bicyclic) bond motifs is 1. The third-order valence-corrected chi connectivity index (χ3v) is 5.23. The van der Waals surface area contributed by atoms with E-state index >= 15 is 0 Å². The Kier molecular flexibility index (Phi) is 5.15. The van der Waals surface area contributed by atoms with Gasteiger partial charge in [0.25, 0.3) is 11.5 Å². The number of halogens is 3. The Morgan fingerprint density at radius 1 is 1.11 bits per heavy atom. The third-order valence-electron chi connectivity index (χ3n) is 4.70. The Balaban J connectivity index is 2.09. The second-order valence-corrected chi connectivity index (χ2v) is 7.33. The monoisotopic (exact) mass is 434 g/mol. The lowest BCUT2D eigenvalue weighted by molar-refractivity contribution is 0.0743. The number of hydrogen-bond acceptors (Lipinski definition) is 2. The van der Waals surface area contributed by atoms with E-state index in [1.54, 1.807) is 44.4 Å². The van der Waals surface area contributed by atoms with Crippen molar-refractivity contribution in [2.45, 2.75) is 13.0 Å². The molecule has 3 rings (SSSR count). The quantitative estimate of drug-likeness (QED) is 0.612. The highest BCUT2D eigenvalue weighted by Gasteiger charge is 2.23. The Morgan fingerprint density at radius 3 is 2.26 bits per heavy atom. The number of amides is 1. The van der Waals surface area contributed by atoms with E-state index in [-0.39, 0.29) is 11.3 Å².